The summed E-state index contributed by atoms with van der Waals surface area (Å²) < 4.78 is 0. The average Bonchev–Trinajstić information content (AvgIpc) is 2.69. The second-order valence-electron chi connectivity index (χ2n) is 7.53. The third-order valence-corrected chi connectivity index (χ3v) is 4.33. The highest BCUT2D eigenvalue weighted by atomic mass is 16.1. The van der Waals surface area contributed by atoms with Gasteiger partial charge in [-0.2, -0.15) is 0 Å². The fourth-order valence-electron chi connectivity index (χ4n) is 2.75. The van der Waals surface area contributed by atoms with Gasteiger partial charge >= 0.3 is 0 Å². The minimum atomic E-state index is -0.207. The standard InChI is InChI=1S/C26H26O2/c1-6-8-13-19(12-7-2)24(27)21-16-22(18-23(17-21)26(3,4)5)25(28)20-14-10-9-11-15-20/h6-18H,1-2H2,3-5H3/b13-8-,19-12+. The molecule has 2 nitrogen and oxygen atoms in total. The smallest absolute Gasteiger partial charge is 0.193 e. The lowest BCUT2D eigenvalue weighted by molar-refractivity contribution is 0.103. The maximum absolute atomic E-state index is 13.1. The van der Waals surface area contributed by atoms with Gasteiger partial charge in [0, 0.05) is 22.3 Å². The van der Waals surface area contributed by atoms with Gasteiger partial charge in [-0.25, -0.2) is 0 Å². The zero-order chi connectivity index (χ0) is 20.7. The zero-order valence-electron chi connectivity index (χ0n) is 16.7. The number of rotatable bonds is 7. The van der Waals surface area contributed by atoms with E-state index in [1.54, 1.807) is 48.6 Å². The molecule has 0 amide bonds. The van der Waals surface area contributed by atoms with Crippen LogP contribution < -0.4 is 0 Å². The Kier molecular flexibility index (Phi) is 6.84. The number of Topliss-reactive ketones (excluding diaryl/α,β-unsaturated/α-hetero) is 1. The highest BCUT2D eigenvalue weighted by Crippen LogP contribution is 2.27. The predicted molar refractivity (Wildman–Crippen MR) is 117 cm³/mol. The van der Waals surface area contributed by atoms with Gasteiger partial charge in [-0.15, -0.1) is 0 Å². The van der Waals surface area contributed by atoms with Crippen molar-refractivity contribution in [3.8, 4) is 0 Å². The molecule has 142 valence electrons. The van der Waals surface area contributed by atoms with Gasteiger partial charge in [0.25, 0.3) is 0 Å². The average molecular weight is 370 g/mol. The summed E-state index contributed by atoms with van der Waals surface area (Å²) >= 11 is 0. The number of hydrogen-bond acceptors (Lipinski definition) is 2. The maximum atomic E-state index is 13.1. The highest BCUT2D eigenvalue weighted by Gasteiger charge is 2.21. The summed E-state index contributed by atoms with van der Waals surface area (Å²) in [6, 6.07) is 14.5. The molecule has 2 aromatic carbocycles. The van der Waals surface area contributed by atoms with Crippen LogP contribution in [0.15, 0.2) is 97.6 Å². The van der Waals surface area contributed by atoms with E-state index in [0.717, 1.165) is 5.56 Å². The van der Waals surface area contributed by atoms with Crippen LogP contribution in [0.4, 0.5) is 0 Å². The Morgan fingerprint density at radius 1 is 0.857 bits per heavy atom. The molecule has 0 aliphatic rings. The molecule has 0 fully saturated rings. The topological polar surface area (TPSA) is 34.1 Å². The second kappa shape index (κ2) is 9.09. The summed E-state index contributed by atoms with van der Waals surface area (Å²) in [4.78, 5) is 26.1. The molecule has 0 atom stereocenters. The lowest BCUT2D eigenvalue weighted by Gasteiger charge is -2.21. The van der Waals surface area contributed by atoms with Gasteiger partial charge in [0.2, 0.25) is 0 Å². The lowest BCUT2D eigenvalue weighted by atomic mass is 9.83. The predicted octanol–water partition coefficient (Wildman–Crippen LogP) is 6.25. The van der Waals surface area contributed by atoms with Gasteiger partial charge < -0.3 is 0 Å². The first-order chi connectivity index (χ1) is 13.3. The summed E-state index contributed by atoms with van der Waals surface area (Å²) in [5.74, 6) is -0.261. The second-order valence-corrected chi connectivity index (χ2v) is 7.53. The van der Waals surface area contributed by atoms with E-state index in [1.165, 1.54) is 0 Å². The van der Waals surface area contributed by atoms with Crippen molar-refractivity contribution in [2.75, 3.05) is 0 Å². The normalized spacial score (nSPS) is 12.0. The van der Waals surface area contributed by atoms with Crippen molar-refractivity contribution >= 4 is 11.6 Å². The fraction of sp³-hybridized carbons (Fsp3) is 0.154. The van der Waals surface area contributed by atoms with E-state index < -0.39 is 0 Å². The van der Waals surface area contributed by atoms with Crippen LogP contribution in [0, 0.1) is 0 Å². The number of hydrogen-bond donors (Lipinski definition) is 0. The van der Waals surface area contributed by atoms with Gasteiger partial charge in [-0.1, -0.05) is 94.6 Å². The first-order valence-corrected chi connectivity index (χ1v) is 9.19. The van der Waals surface area contributed by atoms with Gasteiger partial charge in [0.15, 0.2) is 11.6 Å². The van der Waals surface area contributed by atoms with Crippen molar-refractivity contribution < 1.29 is 9.59 Å². The van der Waals surface area contributed by atoms with Crippen LogP contribution in [0.1, 0.15) is 52.6 Å². The van der Waals surface area contributed by atoms with Crippen molar-refractivity contribution in [1.82, 2.24) is 0 Å². The lowest BCUT2D eigenvalue weighted by Crippen LogP contribution is -2.15. The van der Waals surface area contributed by atoms with Crippen molar-refractivity contribution in [2.24, 2.45) is 0 Å². The molecule has 0 unspecified atom stereocenters. The minimum absolute atomic E-state index is 0.100. The van der Waals surface area contributed by atoms with Crippen LogP contribution in [0.25, 0.3) is 0 Å². The van der Waals surface area contributed by atoms with E-state index in [0.29, 0.717) is 22.3 Å². The Balaban J connectivity index is 2.61. The Morgan fingerprint density at radius 2 is 1.50 bits per heavy atom. The van der Waals surface area contributed by atoms with Crippen molar-refractivity contribution in [2.45, 2.75) is 26.2 Å². The quantitative estimate of drug-likeness (QED) is 0.328. The van der Waals surface area contributed by atoms with Crippen LogP contribution in [0.5, 0.6) is 0 Å². The molecule has 0 spiro atoms. The third kappa shape index (κ3) is 5.14. The molecule has 0 aliphatic carbocycles. The maximum Gasteiger partial charge on any atom is 0.193 e. The monoisotopic (exact) mass is 370 g/mol. The van der Waals surface area contributed by atoms with Crippen molar-refractivity contribution in [1.29, 1.82) is 0 Å². The van der Waals surface area contributed by atoms with E-state index in [-0.39, 0.29) is 17.0 Å². The summed E-state index contributed by atoms with van der Waals surface area (Å²) in [6.45, 7) is 13.5. The first kappa shape index (κ1) is 21.0. The third-order valence-electron chi connectivity index (χ3n) is 4.33. The molecule has 0 N–H and O–H groups in total. The van der Waals surface area contributed by atoms with Gasteiger partial charge in [-0.05, 0) is 29.2 Å². The number of carbonyl (C=O) groups is 2. The Bertz CT molecular complexity index is 952. The molecule has 0 saturated heterocycles. The molecule has 2 heteroatoms. The molecule has 2 rings (SSSR count). The molecule has 0 aromatic heterocycles. The minimum Gasteiger partial charge on any atom is -0.289 e. The van der Waals surface area contributed by atoms with E-state index in [4.69, 9.17) is 0 Å². The zero-order valence-corrected chi connectivity index (χ0v) is 16.7. The molecular weight excluding hydrogens is 344 g/mol. The van der Waals surface area contributed by atoms with Crippen LogP contribution in [0.3, 0.4) is 0 Å². The first-order valence-electron chi connectivity index (χ1n) is 9.19. The van der Waals surface area contributed by atoms with Crippen molar-refractivity contribution in [3.05, 3.63) is 120 Å². The van der Waals surface area contributed by atoms with E-state index in [2.05, 4.69) is 33.9 Å². The summed E-state index contributed by atoms with van der Waals surface area (Å²) in [5.41, 5.74) is 2.80. The highest BCUT2D eigenvalue weighted by molar-refractivity contribution is 6.14. The number of ketones is 2. The Morgan fingerprint density at radius 3 is 2.07 bits per heavy atom. The molecule has 28 heavy (non-hydrogen) atoms. The molecule has 0 aliphatic heterocycles. The molecule has 0 radical (unpaired) electrons. The van der Waals surface area contributed by atoms with Crippen LogP contribution in [-0.4, -0.2) is 11.6 Å². The summed E-state index contributed by atoms with van der Waals surface area (Å²) in [7, 11) is 0. The van der Waals surface area contributed by atoms with E-state index in [9.17, 15) is 9.59 Å². The largest absolute Gasteiger partial charge is 0.289 e. The van der Waals surface area contributed by atoms with Gasteiger partial charge in [-0.3, -0.25) is 9.59 Å². The number of carbonyl (C=O) groups excluding carboxylic acids is 2. The molecule has 2 aromatic rings. The van der Waals surface area contributed by atoms with Crippen LogP contribution in [0.2, 0.25) is 0 Å². The van der Waals surface area contributed by atoms with Crippen molar-refractivity contribution in [3.63, 3.8) is 0 Å². The summed E-state index contributed by atoms with van der Waals surface area (Å²) in [5, 5.41) is 0. The van der Waals surface area contributed by atoms with E-state index in [1.807, 2.05) is 30.3 Å². The molecule has 0 heterocycles. The Hall–Kier alpha value is -3.26. The van der Waals surface area contributed by atoms with Gasteiger partial charge in [0.05, 0.1) is 0 Å². The van der Waals surface area contributed by atoms with Crippen LogP contribution >= 0.6 is 0 Å². The Labute approximate surface area is 167 Å². The summed E-state index contributed by atoms with van der Waals surface area (Å²) in [6.07, 6.45) is 8.24. The van der Waals surface area contributed by atoms with E-state index >= 15 is 0 Å². The SMILES string of the molecule is C=C/C=C\C(=C/C=C)C(=O)c1cc(C(=O)c2ccccc2)cc(C(C)(C)C)c1. The fourth-order valence-corrected chi connectivity index (χ4v) is 2.75. The van der Waals surface area contributed by atoms with Gasteiger partial charge in [0.1, 0.15) is 0 Å². The molecular formula is C26H26O2. The molecule has 0 bridgehead atoms. The number of benzene rings is 2. The number of allylic oxidation sites excluding steroid dienone is 6. The molecule has 0 saturated carbocycles. The van der Waals surface area contributed by atoms with Crippen LogP contribution in [-0.2, 0) is 5.41 Å².